The van der Waals surface area contributed by atoms with Crippen LogP contribution in [-0.4, -0.2) is 89.2 Å². The number of rotatable bonds is 17. The van der Waals surface area contributed by atoms with E-state index in [0.29, 0.717) is 28.3 Å². The highest BCUT2D eigenvalue weighted by molar-refractivity contribution is 9.09. The molecule has 1 spiro atoms. The van der Waals surface area contributed by atoms with Gasteiger partial charge in [-0.05, 0) is 48.2 Å². The van der Waals surface area contributed by atoms with E-state index in [2.05, 4.69) is 34.4 Å². The van der Waals surface area contributed by atoms with E-state index in [1.165, 1.54) is 16.9 Å². The molecule has 6 rings (SSSR count). The average molecular weight is 835 g/mol. The van der Waals surface area contributed by atoms with Gasteiger partial charge in [0.05, 0.1) is 43.2 Å². The molecule has 3 aromatic carbocycles. The lowest BCUT2D eigenvalue weighted by Gasteiger charge is -2.39. The first-order valence-electron chi connectivity index (χ1n) is 18.2. The Hall–Kier alpha value is -4.33. The fourth-order valence-corrected chi connectivity index (χ4v) is 9.40. The second kappa shape index (κ2) is 17.6. The van der Waals surface area contributed by atoms with E-state index in [1.54, 1.807) is 84.9 Å². The molecule has 13 heteroatoms. The predicted molar refractivity (Wildman–Crippen MR) is 211 cm³/mol. The van der Waals surface area contributed by atoms with Crippen molar-refractivity contribution in [2.75, 3.05) is 31.8 Å². The molecule has 3 amide bonds. The Morgan fingerprint density at radius 2 is 1.71 bits per heavy atom. The van der Waals surface area contributed by atoms with E-state index in [9.17, 15) is 14.7 Å². The summed E-state index contributed by atoms with van der Waals surface area (Å²) in [7, 11) is 1.49. The van der Waals surface area contributed by atoms with Gasteiger partial charge in [-0.25, -0.2) is 0 Å². The number of fused-ring (bicyclic) bond motifs is 1. The first-order chi connectivity index (χ1) is 26.6. The third-order valence-electron chi connectivity index (χ3n) is 10.6. The standard InChI is InChI=1S/C42H45BrClN3O8/c1-4-6-17-33(49)45-31(25-53-3)36(27-15-11-8-12-16-27)54-41(52)34-35-39(50)47(32(24-48)26-13-9-7-10-14-26)38(42(35)23-30(43)37(34)55-42)40(51)46(22-5-2)29-20-18-28(44)19-21-29/h4-5,7-16,18-21,30-32,34-38,48H,1-2,6,17,22-25H2,3H3,(H,45,49)/t30?,31-,32-,34-,35+,36-,37-,38-,42+/m1/s1. The summed E-state index contributed by atoms with van der Waals surface area (Å²) in [4.78, 5) is 60.4. The lowest BCUT2D eigenvalue weighted by molar-refractivity contribution is -0.163. The maximum atomic E-state index is 15.1. The van der Waals surface area contributed by atoms with Crippen molar-refractivity contribution >= 4 is 56.9 Å². The normalized spacial score (nSPS) is 25.4. The van der Waals surface area contributed by atoms with Gasteiger partial charge in [0.15, 0.2) is 0 Å². The summed E-state index contributed by atoms with van der Waals surface area (Å²) >= 11 is 9.95. The Morgan fingerprint density at radius 3 is 2.31 bits per heavy atom. The minimum absolute atomic E-state index is 0.0219. The van der Waals surface area contributed by atoms with Gasteiger partial charge in [-0.2, -0.15) is 0 Å². The number of hydrogen-bond donors (Lipinski definition) is 2. The van der Waals surface area contributed by atoms with Gasteiger partial charge in [0.1, 0.15) is 17.7 Å². The van der Waals surface area contributed by atoms with Crippen LogP contribution in [0.15, 0.2) is 110 Å². The highest BCUT2D eigenvalue weighted by Crippen LogP contribution is 2.61. The molecule has 1 unspecified atom stereocenters. The number of methoxy groups -OCH3 is 1. The van der Waals surface area contributed by atoms with Crippen LogP contribution in [0.2, 0.25) is 5.02 Å². The van der Waals surface area contributed by atoms with Gasteiger partial charge in [0, 0.05) is 35.6 Å². The number of nitrogens with one attached hydrogen (secondary N) is 1. The van der Waals surface area contributed by atoms with E-state index in [-0.39, 0.29) is 31.9 Å². The van der Waals surface area contributed by atoms with Gasteiger partial charge >= 0.3 is 5.97 Å². The van der Waals surface area contributed by atoms with Crippen molar-refractivity contribution in [2.45, 2.75) is 60.0 Å². The van der Waals surface area contributed by atoms with Crippen LogP contribution < -0.4 is 10.2 Å². The molecule has 3 heterocycles. The third kappa shape index (κ3) is 7.88. The zero-order valence-corrected chi connectivity index (χ0v) is 32.8. The zero-order valence-electron chi connectivity index (χ0n) is 30.5. The molecule has 3 aliphatic rings. The zero-order chi connectivity index (χ0) is 39.3. The Kier molecular flexibility index (Phi) is 12.9. The Labute approximate surface area is 334 Å². The highest BCUT2D eigenvalue weighted by atomic mass is 79.9. The van der Waals surface area contributed by atoms with Crippen molar-refractivity contribution in [2.24, 2.45) is 11.8 Å². The molecule has 3 fully saturated rings. The molecule has 11 nitrogen and oxygen atoms in total. The fourth-order valence-electron chi connectivity index (χ4n) is 8.33. The van der Waals surface area contributed by atoms with Gasteiger partial charge in [0.2, 0.25) is 11.8 Å². The van der Waals surface area contributed by atoms with Crippen molar-refractivity contribution in [3.63, 3.8) is 0 Å². The molecule has 2 N–H and O–H groups in total. The topological polar surface area (TPSA) is 135 Å². The van der Waals surface area contributed by atoms with Crippen LogP contribution in [0.25, 0.3) is 0 Å². The Balaban J connectivity index is 1.42. The first kappa shape index (κ1) is 40.3. The molecule has 9 atom stereocenters. The molecule has 2 bridgehead atoms. The van der Waals surface area contributed by atoms with Crippen molar-refractivity contribution in [1.82, 2.24) is 10.2 Å². The van der Waals surface area contributed by atoms with Gasteiger partial charge in [0.25, 0.3) is 5.91 Å². The number of likely N-dealkylation sites (tertiary alicyclic amines) is 1. The van der Waals surface area contributed by atoms with Crippen molar-refractivity contribution in [3.05, 3.63) is 126 Å². The van der Waals surface area contributed by atoms with Gasteiger partial charge in [-0.1, -0.05) is 100 Å². The van der Waals surface area contributed by atoms with E-state index >= 15 is 9.59 Å². The maximum Gasteiger partial charge on any atom is 0.313 e. The fraction of sp³-hybridized carbons (Fsp3) is 0.381. The number of carbonyl (C=O) groups is 4. The van der Waals surface area contributed by atoms with Crippen LogP contribution in [0, 0.1) is 11.8 Å². The van der Waals surface area contributed by atoms with E-state index < -0.39 is 77.0 Å². The van der Waals surface area contributed by atoms with Crippen molar-refractivity contribution < 1.29 is 38.5 Å². The minimum atomic E-state index is -1.47. The molecule has 3 aliphatic heterocycles. The van der Waals surface area contributed by atoms with E-state index in [4.69, 9.17) is 25.8 Å². The summed E-state index contributed by atoms with van der Waals surface area (Å²) in [6.07, 6.45) is 2.27. The number of benzene rings is 3. The smallest absolute Gasteiger partial charge is 0.313 e. The number of anilines is 1. The summed E-state index contributed by atoms with van der Waals surface area (Å²) in [5.74, 6) is -4.26. The summed E-state index contributed by atoms with van der Waals surface area (Å²) < 4.78 is 18.7. The number of aliphatic hydroxyl groups excluding tert-OH is 1. The molecule has 290 valence electrons. The minimum Gasteiger partial charge on any atom is -0.455 e. The number of alkyl halides is 1. The van der Waals surface area contributed by atoms with Crippen LogP contribution in [-0.2, 0) is 33.4 Å². The highest BCUT2D eigenvalue weighted by Gasteiger charge is 2.78. The molecule has 0 saturated carbocycles. The molecular formula is C42H45BrClN3O8. The largest absolute Gasteiger partial charge is 0.455 e. The molecular weight excluding hydrogens is 790 g/mol. The van der Waals surface area contributed by atoms with Crippen molar-refractivity contribution in [3.8, 4) is 0 Å². The summed E-state index contributed by atoms with van der Waals surface area (Å²) in [5.41, 5.74) is 0.261. The number of esters is 1. The quantitative estimate of drug-likeness (QED) is 0.100. The molecule has 0 radical (unpaired) electrons. The molecule has 3 aromatic rings. The lowest BCUT2D eigenvalue weighted by Crippen LogP contribution is -2.57. The molecule has 3 saturated heterocycles. The molecule has 0 aliphatic carbocycles. The number of halogens is 2. The second-order valence-corrected chi connectivity index (χ2v) is 15.6. The number of aliphatic hydroxyl groups is 1. The van der Waals surface area contributed by atoms with Gasteiger partial charge in [-0.15, -0.1) is 13.2 Å². The third-order valence-corrected chi connectivity index (χ3v) is 11.7. The Bertz CT molecular complexity index is 1870. The Morgan fingerprint density at radius 1 is 1.05 bits per heavy atom. The number of nitrogens with zero attached hydrogens (tertiary/aromatic N) is 2. The summed E-state index contributed by atoms with van der Waals surface area (Å²) in [5, 5.41) is 14.4. The second-order valence-electron chi connectivity index (χ2n) is 14.0. The van der Waals surface area contributed by atoms with Crippen LogP contribution in [0.3, 0.4) is 0 Å². The van der Waals surface area contributed by atoms with Gasteiger partial charge in [-0.3, -0.25) is 19.2 Å². The molecule has 0 aromatic heterocycles. The van der Waals surface area contributed by atoms with E-state index in [0.717, 1.165) is 0 Å². The number of allylic oxidation sites excluding steroid dienone is 1. The van der Waals surface area contributed by atoms with Gasteiger partial charge < -0.3 is 34.4 Å². The summed E-state index contributed by atoms with van der Waals surface area (Å²) in [6, 6.07) is 21.7. The molecule has 55 heavy (non-hydrogen) atoms. The van der Waals surface area contributed by atoms with Crippen LogP contribution in [0.4, 0.5) is 5.69 Å². The maximum absolute atomic E-state index is 15.1. The number of hydrogen-bond acceptors (Lipinski definition) is 8. The summed E-state index contributed by atoms with van der Waals surface area (Å²) in [6.45, 7) is 7.19. The SMILES string of the molecule is C=CCCC(=O)N[C@H](COC)[C@H](OC(=O)[C@H]1[C@@H]2O[C@@]3(CC2Br)[C@@H]1C(=O)N([C@H](CO)c1ccccc1)[C@@H]3C(=O)N(CC=C)c1ccc(Cl)cc1)c1ccccc1. The lowest BCUT2D eigenvalue weighted by atomic mass is 9.70. The number of ether oxygens (including phenoxy) is 3. The van der Waals surface area contributed by atoms with Crippen molar-refractivity contribution in [1.29, 1.82) is 0 Å². The number of amides is 3. The van der Waals surface area contributed by atoms with Crippen LogP contribution in [0.5, 0.6) is 0 Å². The van der Waals surface area contributed by atoms with E-state index in [1.807, 2.05) is 12.1 Å². The monoisotopic (exact) mass is 833 g/mol. The van der Waals surface area contributed by atoms with Crippen LogP contribution >= 0.6 is 27.5 Å². The average Bonchev–Trinajstić information content (AvgIpc) is 3.79. The first-order valence-corrected chi connectivity index (χ1v) is 19.5. The number of carbonyl (C=O) groups excluding carboxylic acids is 4. The van der Waals surface area contributed by atoms with Crippen LogP contribution in [0.1, 0.15) is 42.5 Å². The predicted octanol–water partition coefficient (Wildman–Crippen LogP) is 5.72.